The molecule has 0 aromatic carbocycles. The van der Waals surface area contributed by atoms with Crippen molar-refractivity contribution in [3.8, 4) is 0 Å². The molecule has 0 bridgehead atoms. The van der Waals surface area contributed by atoms with Crippen molar-refractivity contribution in [3.05, 3.63) is 0 Å². The second-order valence-corrected chi connectivity index (χ2v) is 2.84. The predicted molar refractivity (Wildman–Crippen MR) is 18.2 cm³/mol. The van der Waals surface area contributed by atoms with E-state index >= 15 is 0 Å². The summed E-state index contributed by atoms with van der Waals surface area (Å²) >= 11 is -7.38. The summed E-state index contributed by atoms with van der Waals surface area (Å²) in [6, 6.07) is 0. The average molecular weight is 378 g/mol. The number of rotatable bonds is 0. The third kappa shape index (κ3) is 116. The van der Waals surface area contributed by atoms with E-state index in [9.17, 15) is 0 Å². The van der Waals surface area contributed by atoms with Gasteiger partial charge in [0.15, 0.2) is 0 Å². The molecule has 0 fully saturated rings. The van der Waals surface area contributed by atoms with Gasteiger partial charge < -0.3 is 2.85 Å². The topological polar surface area (TPSA) is 115 Å². The van der Waals surface area contributed by atoms with E-state index in [2.05, 4.69) is 0 Å². The summed E-state index contributed by atoms with van der Waals surface area (Å²) in [5.41, 5.74) is 0. The van der Waals surface area contributed by atoms with Crippen LogP contribution in [0.25, 0.3) is 0 Å². The summed E-state index contributed by atoms with van der Waals surface area (Å²) in [5, 5.41) is 0. The monoisotopic (exact) mass is 378 g/mol. The molecule has 0 rings (SSSR count). The quantitative estimate of drug-likeness (QED) is 0.343. The molecule has 0 aliphatic heterocycles. The molecular weight excluding hydrogens is 372 g/mol. The Labute approximate surface area is 110 Å². The van der Waals surface area contributed by atoms with Crippen molar-refractivity contribution in [1.82, 2.24) is 0 Å². The maximum atomic E-state index is 8.84. The Morgan fingerprint density at radius 2 is 1.33 bits per heavy atom. The van der Waals surface area contributed by atoms with Gasteiger partial charge in [0, 0.05) is 0 Å². The van der Waals surface area contributed by atoms with Crippen LogP contribution >= 0.6 is 0 Å². The van der Waals surface area contributed by atoms with E-state index in [0.29, 0.717) is 0 Å². The van der Waals surface area contributed by atoms with Crippen LogP contribution in [0.3, 0.4) is 0 Å². The van der Waals surface area contributed by atoms with Crippen molar-refractivity contribution in [2.45, 2.75) is 0 Å². The van der Waals surface area contributed by atoms with Crippen LogP contribution < -0.4 is 0 Å². The molecule has 52 valence electrons. The Bertz CT molecular complexity index is 78.6. The molecule has 9 heavy (non-hydrogen) atoms. The fourth-order valence-electron chi connectivity index (χ4n) is 0. The van der Waals surface area contributed by atoms with Crippen LogP contribution in [-0.4, -0.2) is 62.6 Å². The van der Waals surface area contributed by atoms with Gasteiger partial charge >= 0.3 is 110 Å². The van der Waals surface area contributed by atoms with Gasteiger partial charge in [0.05, 0.1) is 0 Å². The van der Waals surface area contributed by atoms with Crippen LogP contribution in [0.1, 0.15) is 2.85 Å². The van der Waals surface area contributed by atoms with Gasteiger partial charge in [-0.15, -0.1) is 0 Å². The van der Waals surface area contributed by atoms with E-state index in [0.717, 1.165) is 0 Å². The van der Waals surface area contributed by atoms with Gasteiger partial charge in [0.2, 0.25) is 0 Å². The van der Waals surface area contributed by atoms with Crippen molar-refractivity contribution in [2.75, 3.05) is 0 Å². The molecule has 9 heteroatoms. The first-order valence-electron chi connectivity index (χ1n) is 1.30. The van der Waals surface area contributed by atoms with E-state index < -0.39 is 41.3 Å². The molecule has 0 heterocycles. The van der Waals surface area contributed by atoms with Crippen LogP contribution in [0.5, 0.6) is 0 Å². The van der Waals surface area contributed by atoms with Gasteiger partial charge in [-0.3, -0.25) is 0 Å². The standard InChI is InChI=1S/Ba.4H2O.2O.Ti.Zr.2H/h;4*1H2;;;;;;/q+2;;;;;;;2*+2;2*-1/p-4. The van der Waals surface area contributed by atoms with Crippen molar-refractivity contribution in [3.63, 3.8) is 0 Å². The second-order valence-electron chi connectivity index (χ2n) is 0.565. The average Bonchev–Trinajstić information content (AvgIpc) is 1.25. The second kappa shape index (κ2) is 13.2. The van der Waals surface area contributed by atoms with Gasteiger partial charge in [-0.2, -0.15) is 0 Å². The molecule has 4 N–H and O–H groups in total. The SMILES string of the molecule is [Ba+2].[H-].[H-].[O]=[Ti]([OH])[OH].[O]=[Zr]([OH])[OH]. The molecule has 6 nitrogen and oxygen atoms in total. The Balaban J connectivity index is -0.0000000171. The molecule has 0 atom stereocenters. The summed E-state index contributed by atoms with van der Waals surface area (Å²) in [4.78, 5) is 0. The molecule has 0 unspecified atom stereocenters. The van der Waals surface area contributed by atoms with Crippen LogP contribution in [0.2, 0.25) is 0 Å². The molecule has 0 aromatic heterocycles. The van der Waals surface area contributed by atoms with Gasteiger partial charge in [-0.05, 0) is 0 Å². The van der Waals surface area contributed by atoms with E-state index in [1.165, 1.54) is 0 Å². The van der Waals surface area contributed by atoms with E-state index in [1.54, 1.807) is 0 Å². The molecule has 0 radical (unpaired) electrons. The number of hydrogen-bond donors (Lipinski definition) is 4. The fourth-order valence-corrected chi connectivity index (χ4v) is 0. The van der Waals surface area contributed by atoms with E-state index in [-0.39, 0.29) is 51.7 Å². The molecule has 0 saturated heterocycles. The summed E-state index contributed by atoms with van der Waals surface area (Å²) in [6.45, 7) is 0. The van der Waals surface area contributed by atoms with Gasteiger partial charge in [0.25, 0.3) is 0 Å². The molecule has 0 aliphatic rings. The Morgan fingerprint density at radius 3 is 1.33 bits per heavy atom. The third-order valence-corrected chi connectivity index (χ3v) is 0. The molecule has 0 spiro atoms. The first-order valence-corrected chi connectivity index (χ1v) is 6.54. The van der Waals surface area contributed by atoms with E-state index in [4.69, 9.17) is 19.9 Å². The Kier molecular flexibility index (Phi) is 25.9. The molecule has 0 amide bonds. The minimum absolute atomic E-state index is 0. The van der Waals surface area contributed by atoms with Crippen molar-refractivity contribution in [1.29, 1.82) is 0 Å². The van der Waals surface area contributed by atoms with Gasteiger partial charge in [0.1, 0.15) is 0 Å². The van der Waals surface area contributed by atoms with Crippen molar-refractivity contribution < 1.29 is 64.0 Å². The minimum atomic E-state index is -3.79. The molecule has 0 aromatic rings. The van der Waals surface area contributed by atoms with Crippen molar-refractivity contribution in [2.24, 2.45) is 0 Å². The number of hydrogen-bond acceptors (Lipinski definition) is 2. The zero-order valence-corrected chi connectivity index (χ0v) is 12.8. The Hall–Kier alpha value is 2.61. The molecule has 0 aliphatic carbocycles. The third-order valence-electron chi connectivity index (χ3n) is 0. The maximum absolute atomic E-state index is 8.84. The zero-order valence-electron chi connectivity index (χ0n) is 6.31. The summed E-state index contributed by atoms with van der Waals surface area (Å²) in [7, 11) is 0. The van der Waals surface area contributed by atoms with Crippen LogP contribution in [0.4, 0.5) is 0 Å². The van der Waals surface area contributed by atoms with Gasteiger partial charge in [-0.25, -0.2) is 0 Å². The van der Waals surface area contributed by atoms with Crippen molar-refractivity contribution >= 4 is 48.9 Å². The summed E-state index contributed by atoms with van der Waals surface area (Å²) in [5.74, 6) is 0. The van der Waals surface area contributed by atoms with Crippen LogP contribution in [-0.2, 0) is 47.4 Å². The zero-order chi connectivity index (χ0) is 7.15. The predicted octanol–water partition coefficient (Wildman–Crippen LogP) is -2.63. The summed E-state index contributed by atoms with van der Waals surface area (Å²) < 4.78 is 46.6. The van der Waals surface area contributed by atoms with Crippen LogP contribution in [0, 0.1) is 0 Å². The first-order chi connectivity index (χ1) is 3.46. The summed E-state index contributed by atoms with van der Waals surface area (Å²) in [6.07, 6.45) is 0. The normalized spacial score (nSPS) is 5.78. The van der Waals surface area contributed by atoms with E-state index in [1.807, 2.05) is 0 Å². The molecule has 0 saturated carbocycles. The van der Waals surface area contributed by atoms with Crippen LogP contribution in [0.15, 0.2) is 0 Å². The van der Waals surface area contributed by atoms with Gasteiger partial charge in [-0.1, -0.05) is 0 Å². The first kappa shape index (κ1) is 17.6. The Morgan fingerprint density at radius 1 is 1.33 bits per heavy atom. The molecular formula is H6BaO6TiZr. The fraction of sp³-hybridized carbons (Fsp3) is 0.